The van der Waals surface area contributed by atoms with E-state index in [-0.39, 0.29) is 18.2 Å². The number of ether oxygens (including phenoxy) is 1. The van der Waals surface area contributed by atoms with Crippen LogP contribution in [0.5, 0.6) is 0 Å². The molecule has 0 aliphatic carbocycles. The first kappa shape index (κ1) is 31.7. The number of carbonyl (C=O) groups is 2. The van der Waals surface area contributed by atoms with E-state index in [0.29, 0.717) is 29.5 Å². The Morgan fingerprint density at radius 2 is 1.79 bits per heavy atom. The van der Waals surface area contributed by atoms with Crippen LogP contribution in [-0.2, 0) is 25.9 Å². The summed E-state index contributed by atoms with van der Waals surface area (Å²) >= 11 is 1.88. The van der Waals surface area contributed by atoms with Crippen LogP contribution in [0.1, 0.15) is 34.3 Å². The lowest BCUT2D eigenvalue weighted by Gasteiger charge is -2.24. The Bertz CT molecular complexity index is 1500. The number of rotatable bonds is 13. The van der Waals surface area contributed by atoms with Gasteiger partial charge in [-0.2, -0.15) is 0 Å². The number of likely N-dealkylation sites (tertiary alicyclic amines) is 1. The summed E-state index contributed by atoms with van der Waals surface area (Å²) in [5.41, 5.74) is 3.93. The quantitative estimate of drug-likeness (QED) is 0.287. The molecule has 8 nitrogen and oxygen atoms in total. The molecule has 0 spiro atoms. The van der Waals surface area contributed by atoms with Crippen LogP contribution in [0, 0.1) is 6.92 Å². The first-order chi connectivity index (χ1) is 20.0. The molecule has 1 aliphatic rings. The zero-order chi connectivity index (χ0) is 30.3. The Morgan fingerprint density at radius 3 is 2.45 bits per heavy atom. The number of carbonyl (C=O) groups excluding carboxylic acids is 1. The molecule has 4 rings (SSSR count). The van der Waals surface area contributed by atoms with Gasteiger partial charge in [-0.3, -0.25) is 9.69 Å². The number of hydrogen-bond donors (Lipinski definition) is 2. The fourth-order valence-corrected chi connectivity index (χ4v) is 7.27. The molecule has 1 amide bonds. The van der Waals surface area contributed by atoms with Crippen LogP contribution in [0.25, 0.3) is 11.1 Å². The van der Waals surface area contributed by atoms with Crippen LogP contribution in [0.3, 0.4) is 0 Å². The van der Waals surface area contributed by atoms with E-state index in [4.69, 9.17) is 4.74 Å². The van der Waals surface area contributed by atoms with Gasteiger partial charge in [-0.15, -0.1) is 11.8 Å². The van der Waals surface area contributed by atoms with Gasteiger partial charge < -0.3 is 15.2 Å². The average Bonchev–Trinajstić information content (AvgIpc) is 3.31. The summed E-state index contributed by atoms with van der Waals surface area (Å²) in [5, 5.41) is 12.6. The second-order valence-electron chi connectivity index (χ2n) is 10.8. The number of thioether (sulfide) groups is 1. The van der Waals surface area contributed by atoms with Crippen LogP contribution in [0.4, 0.5) is 0 Å². The molecule has 0 aromatic heterocycles. The average molecular weight is 611 g/mol. The lowest BCUT2D eigenvalue weighted by Crippen LogP contribution is -2.42. The Kier molecular flexibility index (Phi) is 10.8. The van der Waals surface area contributed by atoms with E-state index in [1.165, 1.54) is 4.90 Å². The van der Waals surface area contributed by atoms with E-state index >= 15 is 0 Å². The molecule has 0 saturated carbocycles. The maximum Gasteiger partial charge on any atom is 0.326 e. The Hall–Kier alpha value is -3.18. The summed E-state index contributed by atoms with van der Waals surface area (Å²) in [6, 6.07) is 22.7. The maximum absolute atomic E-state index is 13.4. The monoisotopic (exact) mass is 610 g/mol. The second kappa shape index (κ2) is 14.3. The number of nitrogens with zero attached hydrogens (tertiary/aromatic N) is 1. The molecular weight excluding hydrogens is 572 g/mol. The van der Waals surface area contributed by atoms with Gasteiger partial charge in [-0.25, -0.2) is 13.2 Å². The highest BCUT2D eigenvalue weighted by atomic mass is 32.2. The zero-order valence-electron chi connectivity index (χ0n) is 24.2. The fraction of sp³-hybridized carbons (Fsp3) is 0.375. The Morgan fingerprint density at radius 1 is 1.07 bits per heavy atom. The number of carboxylic acid groups (broad SMARTS) is 1. The SMILES string of the molecule is COC[C@@H]1C[C@@H](Sc2ccccc2)CN1Cc1ccc(C(=O)N[C@@H](CCS(C)(=O)=O)C(=O)O)c(-c2ccccc2C)c1. The van der Waals surface area contributed by atoms with Gasteiger partial charge >= 0.3 is 5.97 Å². The standard InChI is InChI=1S/C32H38N2O6S2/c1-22-9-7-8-12-27(22)29-17-23(13-14-28(29)31(35)33-30(32(36)37)15-16-42(3,38)39)19-34-20-26(18-24(34)21-40-2)41-25-10-5-4-6-11-25/h4-14,17,24,26,30H,15-16,18-21H2,1-3H3,(H,33,35)(H,36,37)/t24-,26+,30-/m0/s1. The van der Waals surface area contributed by atoms with E-state index in [9.17, 15) is 23.1 Å². The normalized spacial score (nSPS) is 18.1. The van der Waals surface area contributed by atoms with Crippen molar-refractivity contribution in [2.24, 2.45) is 0 Å². The molecule has 42 heavy (non-hydrogen) atoms. The molecule has 224 valence electrons. The van der Waals surface area contributed by atoms with Crippen LogP contribution >= 0.6 is 11.8 Å². The highest BCUT2D eigenvalue weighted by Gasteiger charge is 2.33. The summed E-state index contributed by atoms with van der Waals surface area (Å²) in [5.74, 6) is -2.17. The van der Waals surface area contributed by atoms with Crippen LogP contribution in [0.15, 0.2) is 77.7 Å². The molecule has 0 bridgehead atoms. The first-order valence-corrected chi connectivity index (χ1v) is 16.8. The molecule has 2 N–H and O–H groups in total. The minimum absolute atomic E-state index is 0.213. The van der Waals surface area contributed by atoms with E-state index in [1.54, 1.807) is 13.2 Å². The molecular formula is C32H38N2O6S2. The number of sulfone groups is 1. The fourth-order valence-electron chi connectivity index (χ4n) is 5.32. The van der Waals surface area contributed by atoms with E-state index in [0.717, 1.165) is 35.9 Å². The number of hydrogen-bond acceptors (Lipinski definition) is 7. The number of aryl methyl sites for hydroxylation is 1. The van der Waals surface area contributed by atoms with Crippen LogP contribution < -0.4 is 5.32 Å². The summed E-state index contributed by atoms with van der Waals surface area (Å²) in [4.78, 5) is 29.0. The molecule has 0 radical (unpaired) electrons. The highest BCUT2D eigenvalue weighted by Crippen LogP contribution is 2.35. The molecule has 1 heterocycles. The van der Waals surface area contributed by atoms with Crippen LogP contribution in [-0.4, -0.2) is 79.9 Å². The van der Waals surface area contributed by atoms with Crippen LogP contribution in [0.2, 0.25) is 0 Å². The lowest BCUT2D eigenvalue weighted by molar-refractivity contribution is -0.139. The summed E-state index contributed by atoms with van der Waals surface area (Å²) in [7, 11) is -1.67. The molecule has 3 aromatic rings. The van der Waals surface area contributed by atoms with Crippen molar-refractivity contribution in [3.8, 4) is 11.1 Å². The van der Waals surface area contributed by atoms with Crippen molar-refractivity contribution in [3.63, 3.8) is 0 Å². The van der Waals surface area contributed by atoms with Gasteiger partial charge in [-0.05, 0) is 66.3 Å². The van der Waals surface area contributed by atoms with E-state index in [2.05, 4.69) is 34.5 Å². The molecule has 0 unspecified atom stereocenters. The number of amides is 1. The smallest absolute Gasteiger partial charge is 0.326 e. The second-order valence-corrected chi connectivity index (χ2v) is 14.4. The molecule has 1 fully saturated rings. The summed E-state index contributed by atoms with van der Waals surface area (Å²) < 4.78 is 28.8. The van der Waals surface area contributed by atoms with Crippen molar-refractivity contribution < 1.29 is 27.9 Å². The van der Waals surface area contributed by atoms with Crippen molar-refractivity contribution in [3.05, 3.63) is 89.5 Å². The van der Waals surface area contributed by atoms with Crippen molar-refractivity contribution in [2.45, 2.75) is 48.5 Å². The third-order valence-electron chi connectivity index (χ3n) is 7.42. The van der Waals surface area contributed by atoms with Gasteiger partial charge in [0, 0.05) is 48.2 Å². The summed E-state index contributed by atoms with van der Waals surface area (Å²) in [6.45, 7) is 4.17. The number of aliphatic carboxylic acids is 1. The van der Waals surface area contributed by atoms with E-state index in [1.807, 2.05) is 61.2 Å². The number of carboxylic acids is 1. The zero-order valence-corrected chi connectivity index (χ0v) is 25.8. The molecule has 10 heteroatoms. The minimum Gasteiger partial charge on any atom is -0.480 e. The van der Waals surface area contributed by atoms with Crippen molar-refractivity contribution in [1.82, 2.24) is 10.2 Å². The van der Waals surface area contributed by atoms with Crippen molar-refractivity contribution in [2.75, 3.05) is 32.3 Å². The maximum atomic E-state index is 13.4. The highest BCUT2D eigenvalue weighted by molar-refractivity contribution is 8.00. The van der Waals surface area contributed by atoms with Gasteiger partial charge in [0.15, 0.2) is 0 Å². The molecule has 1 aliphatic heterocycles. The van der Waals surface area contributed by atoms with Gasteiger partial charge in [0.05, 0.1) is 12.4 Å². The van der Waals surface area contributed by atoms with Crippen molar-refractivity contribution >= 4 is 33.5 Å². The molecule has 3 aromatic carbocycles. The van der Waals surface area contributed by atoms with Gasteiger partial charge in [0.2, 0.25) is 0 Å². The lowest BCUT2D eigenvalue weighted by atomic mass is 9.93. The molecule has 3 atom stereocenters. The van der Waals surface area contributed by atoms with Gasteiger partial charge in [-0.1, -0.05) is 48.5 Å². The summed E-state index contributed by atoms with van der Waals surface area (Å²) in [6.07, 6.45) is 1.83. The first-order valence-electron chi connectivity index (χ1n) is 13.9. The largest absolute Gasteiger partial charge is 0.480 e. The van der Waals surface area contributed by atoms with Crippen molar-refractivity contribution in [1.29, 1.82) is 0 Å². The van der Waals surface area contributed by atoms with E-state index < -0.39 is 27.8 Å². The molecule has 1 saturated heterocycles. The minimum atomic E-state index is -3.39. The van der Waals surface area contributed by atoms with Gasteiger partial charge in [0.1, 0.15) is 15.9 Å². The number of methoxy groups -OCH3 is 1. The number of nitrogens with one attached hydrogen (secondary N) is 1. The number of benzene rings is 3. The predicted molar refractivity (Wildman–Crippen MR) is 167 cm³/mol. The third-order valence-corrected chi connectivity index (χ3v) is 9.62. The Balaban J connectivity index is 1.60. The van der Waals surface area contributed by atoms with Gasteiger partial charge in [0.25, 0.3) is 5.91 Å². The predicted octanol–water partition coefficient (Wildman–Crippen LogP) is 4.66. The third kappa shape index (κ3) is 8.67. The topological polar surface area (TPSA) is 113 Å². The Labute approximate surface area is 252 Å².